The molecule has 7 nitrogen and oxygen atoms in total. The Morgan fingerprint density at radius 3 is 2.40 bits per heavy atom. The number of ketones is 1. The Balaban J connectivity index is 1.73. The van der Waals surface area contributed by atoms with E-state index in [1.807, 2.05) is 30.3 Å². The molecule has 0 bridgehead atoms. The molecule has 0 saturated carbocycles. The summed E-state index contributed by atoms with van der Waals surface area (Å²) in [6.07, 6.45) is -1.03. The van der Waals surface area contributed by atoms with Crippen LogP contribution in [0.5, 0.6) is 0 Å². The summed E-state index contributed by atoms with van der Waals surface area (Å²) in [7, 11) is 0. The molecule has 0 aliphatic rings. The van der Waals surface area contributed by atoms with Crippen LogP contribution >= 0.6 is 0 Å². The molecule has 0 spiro atoms. The smallest absolute Gasteiger partial charge is 0.342 e. The van der Waals surface area contributed by atoms with Gasteiger partial charge in [-0.2, -0.15) is 5.10 Å². The average Bonchev–Trinajstić information content (AvgIpc) is 3.02. The summed E-state index contributed by atoms with van der Waals surface area (Å²) in [6, 6.07) is 16.0. The second-order valence-corrected chi connectivity index (χ2v) is 6.97. The Bertz CT molecular complexity index is 1100. The number of anilines is 1. The van der Waals surface area contributed by atoms with E-state index < -0.39 is 18.0 Å². The summed E-state index contributed by atoms with van der Waals surface area (Å²) in [5, 5.41) is 7.10. The zero-order valence-corrected chi connectivity index (χ0v) is 17.3. The summed E-state index contributed by atoms with van der Waals surface area (Å²) >= 11 is 0. The highest BCUT2D eigenvalue weighted by Crippen LogP contribution is 2.20. The Morgan fingerprint density at radius 1 is 1.03 bits per heavy atom. The molecule has 0 radical (unpaired) electrons. The van der Waals surface area contributed by atoms with Crippen LogP contribution in [0.4, 0.5) is 5.69 Å². The van der Waals surface area contributed by atoms with Crippen molar-refractivity contribution in [1.29, 1.82) is 0 Å². The number of esters is 1. The minimum absolute atomic E-state index is 0.105. The van der Waals surface area contributed by atoms with Gasteiger partial charge in [-0.05, 0) is 52.0 Å². The van der Waals surface area contributed by atoms with Crippen molar-refractivity contribution in [1.82, 2.24) is 9.78 Å². The van der Waals surface area contributed by atoms with Crippen molar-refractivity contribution < 1.29 is 19.1 Å². The van der Waals surface area contributed by atoms with Crippen LogP contribution in [0.15, 0.2) is 54.6 Å². The topological polar surface area (TPSA) is 90.3 Å². The normalized spacial score (nSPS) is 11.6. The van der Waals surface area contributed by atoms with Gasteiger partial charge in [0.1, 0.15) is 5.56 Å². The number of hydrogen-bond acceptors (Lipinski definition) is 5. The number of carbonyl (C=O) groups excluding carboxylic acids is 3. The molecule has 1 N–H and O–H groups in total. The first-order chi connectivity index (χ1) is 14.3. The van der Waals surface area contributed by atoms with Gasteiger partial charge in [-0.25, -0.2) is 9.48 Å². The summed E-state index contributed by atoms with van der Waals surface area (Å²) in [5.41, 5.74) is 3.25. The number of nitrogens with zero attached hydrogens (tertiary/aromatic N) is 2. The van der Waals surface area contributed by atoms with Crippen molar-refractivity contribution in [3.8, 4) is 5.69 Å². The highest BCUT2D eigenvalue weighted by Gasteiger charge is 2.25. The fourth-order valence-electron chi connectivity index (χ4n) is 3.09. The van der Waals surface area contributed by atoms with E-state index >= 15 is 0 Å². The Kier molecular flexibility index (Phi) is 6.11. The highest BCUT2D eigenvalue weighted by atomic mass is 16.5. The Labute approximate surface area is 174 Å². The number of hydrogen-bond donors (Lipinski definition) is 1. The summed E-state index contributed by atoms with van der Waals surface area (Å²) in [6.45, 7) is 6.45. The fourth-order valence-corrected chi connectivity index (χ4v) is 3.09. The molecule has 30 heavy (non-hydrogen) atoms. The van der Waals surface area contributed by atoms with Gasteiger partial charge in [-0.15, -0.1) is 0 Å². The van der Waals surface area contributed by atoms with Gasteiger partial charge in [-0.3, -0.25) is 9.59 Å². The fraction of sp³-hybridized carbons (Fsp3) is 0.217. The van der Waals surface area contributed by atoms with E-state index in [1.54, 1.807) is 42.8 Å². The maximum atomic E-state index is 12.7. The molecule has 7 heteroatoms. The number of amides is 1. The van der Waals surface area contributed by atoms with E-state index in [4.69, 9.17) is 4.74 Å². The van der Waals surface area contributed by atoms with E-state index in [0.717, 1.165) is 5.69 Å². The number of aromatic nitrogens is 2. The number of ether oxygens (including phenoxy) is 1. The Morgan fingerprint density at radius 2 is 1.73 bits per heavy atom. The van der Waals surface area contributed by atoms with Crippen LogP contribution in [0.2, 0.25) is 0 Å². The van der Waals surface area contributed by atoms with E-state index in [2.05, 4.69) is 10.4 Å². The van der Waals surface area contributed by atoms with Gasteiger partial charge in [-0.1, -0.05) is 30.3 Å². The first-order valence-electron chi connectivity index (χ1n) is 9.52. The Hall–Kier alpha value is -3.74. The second-order valence-electron chi connectivity index (χ2n) is 6.97. The lowest BCUT2D eigenvalue weighted by Crippen LogP contribution is -2.30. The van der Waals surface area contributed by atoms with Gasteiger partial charge in [0.25, 0.3) is 5.91 Å². The first kappa shape index (κ1) is 21.0. The van der Waals surface area contributed by atoms with Crippen LogP contribution in [0.25, 0.3) is 5.69 Å². The number of carbonyl (C=O) groups is 3. The van der Waals surface area contributed by atoms with Gasteiger partial charge >= 0.3 is 5.97 Å². The number of benzene rings is 2. The van der Waals surface area contributed by atoms with Crippen LogP contribution in [0.3, 0.4) is 0 Å². The maximum Gasteiger partial charge on any atom is 0.342 e. The van der Waals surface area contributed by atoms with E-state index in [9.17, 15) is 14.4 Å². The standard InChI is InChI=1S/C23H23N3O4/c1-14-21(15(2)26(25-14)20-11-6-5-7-12-20)23(29)30-17(4)22(28)24-19-10-8-9-18(13-19)16(3)27/h5-13,17H,1-4H3,(H,24,28). The molecule has 2 aromatic carbocycles. The highest BCUT2D eigenvalue weighted by molar-refractivity contribution is 6.00. The number of aryl methyl sites for hydroxylation is 1. The van der Waals surface area contributed by atoms with Crippen molar-refractivity contribution >= 4 is 23.3 Å². The van der Waals surface area contributed by atoms with Crippen LogP contribution in [0.1, 0.15) is 46.0 Å². The van der Waals surface area contributed by atoms with Crippen molar-refractivity contribution in [2.45, 2.75) is 33.8 Å². The van der Waals surface area contributed by atoms with Crippen molar-refractivity contribution in [2.75, 3.05) is 5.32 Å². The van der Waals surface area contributed by atoms with Gasteiger partial charge in [0.15, 0.2) is 11.9 Å². The van der Waals surface area contributed by atoms with Gasteiger partial charge in [0.05, 0.1) is 17.1 Å². The SMILES string of the molecule is CC(=O)c1cccc(NC(=O)C(C)OC(=O)c2c(C)nn(-c3ccccc3)c2C)c1. The van der Waals surface area contributed by atoms with Crippen molar-refractivity contribution in [3.05, 3.63) is 77.1 Å². The molecule has 1 aromatic heterocycles. The summed E-state index contributed by atoms with van der Waals surface area (Å²) < 4.78 is 7.06. The van der Waals surface area contributed by atoms with E-state index in [1.165, 1.54) is 13.8 Å². The lowest BCUT2D eigenvalue weighted by Gasteiger charge is -2.14. The monoisotopic (exact) mass is 405 g/mol. The lowest BCUT2D eigenvalue weighted by molar-refractivity contribution is -0.123. The molecular weight excluding hydrogens is 382 g/mol. The zero-order valence-electron chi connectivity index (χ0n) is 17.3. The van der Waals surface area contributed by atoms with E-state index in [-0.39, 0.29) is 5.78 Å². The molecule has 1 amide bonds. The molecule has 0 aliphatic carbocycles. The predicted octanol–water partition coefficient (Wildman–Crippen LogP) is 3.88. The minimum Gasteiger partial charge on any atom is -0.449 e. The van der Waals surface area contributed by atoms with E-state index in [0.29, 0.717) is 28.2 Å². The van der Waals surface area contributed by atoms with Gasteiger partial charge in [0, 0.05) is 11.3 Å². The molecule has 1 unspecified atom stereocenters. The predicted molar refractivity (Wildman–Crippen MR) is 113 cm³/mol. The van der Waals surface area contributed by atoms with Crippen molar-refractivity contribution in [2.24, 2.45) is 0 Å². The van der Waals surface area contributed by atoms with Crippen LogP contribution in [-0.2, 0) is 9.53 Å². The van der Waals surface area contributed by atoms with Crippen LogP contribution < -0.4 is 5.32 Å². The maximum absolute atomic E-state index is 12.7. The molecule has 0 saturated heterocycles. The number of para-hydroxylation sites is 1. The number of rotatable bonds is 6. The number of Topliss-reactive ketones (excluding diaryl/α,β-unsaturated/α-hetero) is 1. The van der Waals surface area contributed by atoms with Crippen LogP contribution in [-0.4, -0.2) is 33.5 Å². The second kappa shape index (κ2) is 8.73. The number of nitrogens with one attached hydrogen (secondary N) is 1. The third kappa shape index (κ3) is 4.46. The third-order valence-electron chi connectivity index (χ3n) is 4.69. The average molecular weight is 405 g/mol. The molecule has 1 heterocycles. The van der Waals surface area contributed by atoms with Gasteiger partial charge < -0.3 is 10.1 Å². The molecule has 1 atom stereocenters. The zero-order chi connectivity index (χ0) is 21.8. The molecule has 3 aromatic rings. The summed E-state index contributed by atoms with van der Waals surface area (Å²) in [4.78, 5) is 36.7. The minimum atomic E-state index is -1.03. The summed E-state index contributed by atoms with van der Waals surface area (Å²) in [5.74, 6) is -1.21. The molecule has 154 valence electrons. The molecule has 0 aliphatic heterocycles. The van der Waals surface area contributed by atoms with Crippen LogP contribution in [0, 0.1) is 13.8 Å². The largest absolute Gasteiger partial charge is 0.449 e. The van der Waals surface area contributed by atoms with Crippen molar-refractivity contribution in [3.63, 3.8) is 0 Å². The quantitative estimate of drug-likeness (QED) is 0.497. The third-order valence-corrected chi connectivity index (χ3v) is 4.69. The molecule has 0 fully saturated rings. The lowest BCUT2D eigenvalue weighted by atomic mass is 10.1. The van der Waals surface area contributed by atoms with Gasteiger partial charge in [0.2, 0.25) is 0 Å². The molecular formula is C23H23N3O4. The first-order valence-corrected chi connectivity index (χ1v) is 9.52. The molecule has 3 rings (SSSR count).